The van der Waals surface area contributed by atoms with Crippen LogP contribution in [0.3, 0.4) is 0 Å². The van der Waals surface area contributed by atoms with Crippen LogP contribution >= 0.6 is 7.60 Å². The van der Waals surface area contributed by atoms with Gasteiger partial charge in [-0.1, -0.05) is 49.2 Å². The molecule has 1 N–H and O–H groups in total. The van der Waals surface area contributed by atoms with Crippen LogP contribution in [0.2, 0.25) is 0 Å². The number of hydrogen-bond donors (Lipinski definition) is 1. The number of nitrogens with one attached hydrogen (secondary N) is 1. The lowest BCUT2D eigenvalue weighted by atomic mass is 10.1. The Bertz CT molecular complexity index is 1800. The zero-order valence-electron chi connectivity index (χ0n) is 27.1. The van der Waals surface area contributed by atoms with E-state index in [9.17, 15) is 14.2 Å². The Hall–Kier alpha value is -3.05. The molecular weight excluding hydrogens is 609 g/mol. The van der Waals surface area contributed by atoms with Gasteiger partial charge in [0.15, 0.2) is 12.0 Å². The first-order chi connectivity index (χ1) is 21.9. The van der Waals surface area contributed by atoms with E-state index in [0.717, 1.165) is 32.2 Å². The fraction of sp³-hybridized carbons (Fsp3) is 0.529. The molecule has 2 aromatic carbocycles. The molecule has 0 saturated carbocycles. The predicted molar refractivity (Wildman–Crippen MR) is 176 cm³/mol. The maximum Gasteiger partial charge on any atom is 0.335 e. The van der Waals surface area contributed by atoms with Crippen LogP contribution in [-0.2, 0) is 34.4 Å². The Morgan fingerprint density at radius 2 is 1.50 bits per heavy atom. The van der Waals surface area contributed by atoms with Gasteiger partial charge in [0.2, 0.25) is 0 Å². The van der Waals surface area contributed by atoms with Crippen molar-refractivity contribution in [1.82, 2.24) is 14.1 Å². The van der Waals surface area contributed by atoms with E-state index in [0.29, 0.717) is 6.61 Å². The highest BCUT2D eigenvalue weighted by Gasteiger charge is 2.57. The quantitative estimate of drug-likeness (QED) is 0.139. The van der Waals surface area contributed by atoms with Gasteiger partial charge < -0.3 is 27.8 Å². The highest BCUT2D eigenvalue weighted by atomic mass is 31.2. The molecular formula is C34H44N3O8P. The number of para-hydroxylation sites is 2. The van der Waals surface area contributed by atoms with Gasteiger partial charge >= 0.3 is 13.3 Å². The molecule has 0 radical (unpaired) electrons. The highest BCUT2D eigenvalue weighted by molar-refractivity contribution is 7.55. The van der Waals surface area contributed by atoms with Gasteiger partial charge in [0.05, 0.1) is 18.4 Å². The molecule has 2 aliphatic rings. The fourth-order valence-corrected chi connectivity index (χ4v) is 7.96. The van der Waals surface area contributed by atoms with Crippen molar-refractivity contribution < 1.29 is 27.8 Å². The molecule has 2 aromatic heterocycles. The number of aromatic nitrogens is 3. The summed E-state index contributed by atoms with van der Waals surface area (Å²) in [7, 11) is -3.58. The smallest absolute Gasteiger partial charge is 0.335 e. The number of H-pyrrole nitrogens is 1. The first-order valence-corrected chi connectivity index (χ1v) is 17.6. The van der Waals surface area contributed by atoms with Crippen molar-refractivity contribution in [3.63, 3.8) is 0 Å². The summed E-state index contributed by atoms with van der Waals surface area (Å²) in [6.07, 6.45) is 2.34. The number of aromatic amines is 1. The second-order valence-electron chi connectivity index (χ2n) is 13.5. The fourth-order valence-electron chi connectivity index (χ4n) is 6.40. The van der Waals surface area contributed by atoms with Gasteiger partial charge in [-0.15, -0.1) is 0 Å². The summed E-state index contributed by atoms with van der Waals surface area (Å²) in [6.45, 7) is 10.2. The minimum absolute atomic E-state index is 0.0808. The van der Waals surface area contributed by atoms with Crippen molar-refractivity contribution in [2.75, 3.05) is 13.2 Å². The summed E-state index contributed by atoms with van der Waals surface area (Å²) >= 11 is 0. The number of benzene rings is 2. The number of nitrogens with zero attached hydrogens (tertiary/aromatic N) is 2. The lowest BCUT2D eigenvalue weighted by molar-refractivity contribution is -0.200. The molecule has 0 bridgehead atoms. The summed E-state index contributed by atoms with van der Waals surface area (Å²) in [6, 6.07) is 18.3. The second kappa shape index (κ2) is 12.9. The zero-order chi connectivity index (χ0) is 32.7. The normalized spacial score (nSPS) is 24.0. The standard InChI is InChI=1S/C34H44N3O8P/c1-33(2,3)46(40,41-21-13-7-6-12-19-36-25-16-10-8-14-23(25)24-15-9-11-17-26(24)36)42-22-27-29-30(45-34(4,5)44-29)31(43-27)37-20-18-28(38)35-32(37)39/h8-11,14-18,20,27,29-31H,6-7,12-13,19,21-22H2,1-5H3,(H,35,38,39)/t27-,29-,30-,31-,46?/m1/s1. The molecule has 1 unspecified atom stereocenters. The number of aryl methyl sites for hydroxylation is 1. The van der Waals surface area contributed by atoms with Gasteiger partial charge in [0.25, 0.3) is 5.56 Å². The third-order valence-electron chi connectivity index (χ3n) is 8.70. The summed E-state index contributed by atoms with van der Waals surface area (Å²) in [5.41, 5.74) is 1.38. The van der Waals surface area contributed by atoms with Crippen molar-refractivity contribution in [2.45, 2.75) is 102 Å². The van der Waals surface area contributed by atoms with Gasteiger partial charge in [-0.05, 0) is 59.6 Å². The molecule has 46 heavy (non-hydrogen) atoms. The average molecular weight is 654 g/mol. The van der Waals surface area contributed by atoms with Gasteiger partial charge in [-0.2, -0.15) is 0 Å². The number of unbranched alkanes of at least 4 members (excludes halogenated alkanes) is 3. The van der Waals surface area contributed by atoms with Gasteiger partial charge in [-0.25, -0.2) is 4.79 Å². The third-order valence-corrected chi connectivity index (χ3v) is 11.4. The summed E-state index contributed by atoms with van der Waals surface area (Å²) in [4.78, 5) is 26.4. The molecule has 2 aliphatic heterocycles. The van der Waals surface area contributed by atoms with Crippen molar-refractivity contribution in [3.05, 3.63) is 81.6 Å². The topological polar surface area (TPSA) is 123 Å². The van der Waals surface area contributed by atoms with E-state index >= 15 is 0 Å². The molecule has 4 aromatic rings. The molecule has 0 spiro atoms. The molecule has 0 aliphatic carbocycles. The lowest BCUT2D eigenvalue weighted by Gasteiger charge is -2.31. The maximum absolute atomic E-state index is 14.1. The molecule has 11 nitrogen and oxygen atoms in total. The largest absolute Gasteiger partial charge is 0.346 e. The Morgan fingerprint density at radius 3 is 2.15 bits per heavy atom. The van der Waals surface area contributed by atoms with Crippen molar-refractivity contribution in [3.8, 4) is 0 Å². The first-order valence-electron chi connectivity index (χ1n) is 16.0. The van der Waals surface area contributed by atoms with Gasteiger partial charge in [0, 0.05) is 40.6 Å². The van der Waals surface area contributed by atoms with Crippen LogP contribution in [0.1, 0.15) is 66.5 Å². The Labute approximate surface area is 268 Å². The molecule has 2 fully saturated rings. The average Bonchev–Trinajstić information content (AvgIpc) is 3.61. The zero-order valence-corrected chi connectivity index (χ0v) is 28.0. The molecule has 12 heteroatoms. The predicted octanol–water partition coefficient (Wildman–Crippen LogP) is 6.35. The van der Waals surface area contributed by atoms with Crippen molar-refractivity contribution in [1.29, 1.82) is 0 Å². The molecule has 5 atom stereocenters. The monoisotopic (exact) mass is 653 g/mol. The number of fused-ring (bicyclic) bond motifs is 4. The van der Waals surface area contributed by atoms with Crippen LogP contribution in [0.25, 0.3) is 21.8 Å². The van der Waals surface area contributed by atoms with Crippen LogP contribution in [0, 0.1) is 0 Å². The van der Waals surface area contributed by atoms with E-state index in [1.165, 1.54) is 38.6 Å². The molecule has 4 heterocycles. The summed E-state index contributed by atoms with van der Waals surface area (Å²) in [5, 5.41) is 1.78. The van der Waals surface area contributed by atoms with Crippen LogP contribution in [0.4, 0.5) is 0 Å². The lowest BCUT2D eigenvalue weighted by Crippen LogP contribution is -2.37. The van der Waals surface area contributed by atoms with E-state index < -0.39 is 54.3 Å². The van der Waals surface area contributed by atoms with E-state index in [-0.39, 0.29) is 6.61 Å². The second-order valence-corrected chi connectivity index (χ2v) is 16.4. The van der Waals surface area contributed by atoms with Gasteiger partial charge in [0.1, 0.15) is 18.3 Å². The Balaban J connectivity index is 1.03. The third kappa shape index (κ3) is 6.54. The molecule has 2 saturated heterocycles. The van der Waals surface area contributed by atoms with Crippen molar-refractivity contribution in [2.24, 2.45) is 0 Å². The van der Waals surface area contributed by atoms with E-state index in [1.54, 1.807) is 13.8 Å². The van der Waals surface area contributed by atoms with Crippen LogP contribution < -0.4 is 11.2 Å². The Kier molecular flexibility index (Phi) is 9.19. The molecule has 6 rings (SSSR count). The number of hydrogen-bond acceptors (Lipinski definition) is 8. The minimum atomic E-state index is -3.58. The van der Waals surface area contributed by atoms with Crippen LogP contribution in [-0.4, -0.2) is 56.6 Å². The van der Waals surface area contributed by atoms with Crippen molar-refractivity contribution >= 4 is 29.4 Å². The summed E-state index contributed by atoms with van der Waals surface area (Å²) in [5.74, 6) is -0.923. The Morgan fingerprint density at radius 1 is 0.870 bits per heavy atom. The highest BCUT2D eigenvalue weighted by Crippen LogP contribution is 2.60. The first kappa shape index (κ1) is 32.9. The molecule has 0 amide bonds. The number of ether oxygens (including phenoxy) is 3. The van der Waals surface area contributed by atoms with Crippen LogP contribution in [0.5, 0.6) is 0 Å². The van der Waals surface area contributed by atoms with E-state index in [2.05, 4.69) is 58.1 Å². The van der Waals surface area contributed by atoms with E-state index in [4.69, 9.17) is 23.3 Å². The van der Waals surface area contributed by atoms with E-state index in [1.807, 2.05) is 20.8 Å². The van der Waals surface area contributed by atoms with Crippen LogP contribution in [0.15, 0.2) is 70.4 Å². The van der Waals surface area contributed by atoms with Gasteiger partial charge in [-0.3, -0.25) is 18.9 Å². The SMILES string of the molecule is CC1(C)O[C@@H]2[C@H](O1)[C@@H](COP(=O)(OCCCCCCn1c3ccccc3c3ccccc31)C(C)(C)C)O[C@H]2n1ccc(=O)[nH]c1=O. The summed E-state index contributed by atoms with van der Waals surface area (Å²) < 4.78 is 48.2. The number of rotatable bonds is 12. The minimum Gasteiger partial charge on any atom is -0.346 e. The maximum atomic E-state index is 14.1. The molecule has 248 valence electrons.